The van der Waals surface area contributed by atoms with Crippen molar-refractivity contribution in [2.75, 3.05) is 0 Å². The van der Waals surface area contributed by atoms with Gasteiger partial charge in [-0.3, -0.25) is 10.1 Å². The molecule has 1 unspecified atom stereocenters. The van der Waals surface area contributed by atoms with E-state index < -0.39 is 11.0 Å². The Morgan fingerprint density at radius 1 is 1.47 bits per heavy atom. The monoisotopic (exact) mass is 280 g/mol. The maximum atomic E-state index is 11.3. The molecule has 1 aromatic carbocycles. The van der Waals surface area contributed by atoms with Crippen LogP contribution in [0.3, 0.4) is 0 Å². The molecular weight excluding hydrogens is 264 g/mol. The minimum Gasteiger partial charge on any atom is -0.392 e. The van der Waals surface area contributed by atoms with Crippen molar-refractivity contribution in [3.05, 3.63) is 33.3 Å². The van der Waals surface area contributed by atoms with Gasteiger partial charge in [-0.05, 0) is 11.5 Å². The van der Waals surface area contributed by atoms with Gasteiger partial charge in [0.25, 0.3) is 5.69 Å². The van der Waals surface area contributed by atoms with Crippen LogP contribution in [-0.2, 0) is 6.42 Å². The zero-order valence-corrected chi connectivity index (χ0v) is 11.9. The lowest BCUT2D eigenvalue weighted by Gasteiger charge is -2.25. The first kappa shape index (κ1) is 13.9. The molecule has 0 saturated heterocycles. The first-order valence-corrected chi connectivity index (χ1v) is 6.86. The van der Waals surface area contributed by atoms with Crippen LogP contribution in [-0.4, -0.2) is 21.1 Å². The van der Waals surface area contributed by atoms with Crippen LogP contribution in [0.1, 0.15) is 26.3 Å². The maximum absolute atomic E-state index is 11.3. The Kier molecular flexibility index (Phi) is 3.56. The fraction of sp³-hybridized carbons (Fsp3) is 0.462. The lowest BCUT2D eigenvalue weighted by Crippen LogP contribution is -2.28. The van der Waals surface area contributed by atoms with Crippen molar-refractivity contribution in [3.8, 4) is 0 Å². The summed E-state index contributed by atoms with van der Waals surface area (Å²) in [5.41, 5.74) is 2.24. The van der Waals surface area contributed by atoms with Gasteiger partial charge in [-0.1, -0.05) is 26.8 Å². The van der Waals surface area contributed by atoms with Crippen LogP contribution in [0.25, 0.3) is 10.2 Å². The summed E-state index contributed by atoms with van der Waals surface area (Å²) in [5.74, 6) is 0. The molecule has 0 bridgehead atoms. The molecule has 102 valence electrons. The van der Waals surface area contributed by atoms with E-state index >= 15 is 0 Å². The molecule has 0 aliphatic heterocycles. The van der Waals surface area contributed by atoms with Gasteiger partial charge in [-0.2, -0.15) is 0 Å². The first-order chi connectivity index (χ1) is 8.80. The summed E-state index contributed by atoms with van der Waals surface area (Å²) in [6.45, 7) is 5.72. The van der Waals surface area contributed by atoms with Crippen LogP contribution in [0.5, 0.6) is 0 Å². The second-order valence-corrected chi connectivity index (χ2v) is 6.50. The van der Waals surface area contributed by atoms with Crippen LogP contribution in [0.4, 0.5) is 5.69 Å². The Morgan fingerprint density at radius 2 is 2.16 bits per heavy atom. The fourth-order valence-corrected chi connectivity index (χ4v) is 2.52. The number of fused-ring (bicyclic) bond motifs is 1. The summed E-state index contributed by atoms with van der Waals surface area (Å²) >= 11 is 1.37. The van der Waals surface area contributed by atoms with Crippen molar-refractivity contribution in [2.24, 2.45) is 5.41 Å². The number of aliphatic hydroxyl groups excluding tert-OH is 1. The van der Waals surface area contributed by atoms with Gasteiger partial charge in [0.2, 0.25) is 0 Å². The molecule has 1 heterocycles. The van der Waals surface area contributed by atoms with Gasteiger partial charge in [0.15, 0.2) is 5.52 Å². The number of hydrogen-bond acceptors (Lipinski definition) is 5. The van der Waals surface area contributed by atoms with E-state index in [1.54, 1.807) is 11.6 Å². The van der Waals surface area contributed by atoms with Crippen molar-refractivity contribution in [1.29, 1.82) is 0 Å². The molecule has 1 N–H and O–H groups in total. The Hall–Kier alpha value is -1.53. The molecule has 2 aromatic rings. The number of hydrogen-bond donors (Lipinski definition) is 1. The predicted octanol–water partition coefficient (Wildman–Crippen LogP) is 3.15. The molecule has 2 rings (SSSR count). The van der Waals surface area contributed by atoms with Crippen LogP contribution in [0, 0.1) is 15.5 Å². The van der Waals surface area contributed by atoms with Gasteiger partial charge in [0.05, 0.1) is 21.2 Å². The number of thiazole rings is 1. The molecule has 0 aliphatic carbocycles. The van der Waals surface area contributed by atoms with Crippen molar-refractivity contribution < 1.29 is 10.0 Å². The zero-order chi connectivity index (χ0) is 14.2. The summed E-state index contributed by atoms with van der Waals surface area (Å²) in [5, 5.41) is 21.4. The highest BCUT2D eigenvalue weighted by Crippen LogP contribution is 2.33. The molecule has 6 heteroatoms. The molecule has 0 spiro atoms. The van der Waals surface area contributed by atoms with Gasteiger partial charge in [-0.15, -0.1) is 11.3 Å². The van der Waals surface area contributed by atoms with E-state index in [1.165, 1.54) is 11.3 Å². The average molecular weight is 280 g/mol. The maximum Gasteiger partial charge on any atom is 0.299 e. The number of nitrogens with zero attached hydrogens (tertiary/aromatic N) is 2. The van der Waals surface area contributed by atoms with Gasteiger partial charge in [-0.25, -0.2) is 4.98 Å². The van der Waals surface area contributed by atoms with E-state index in [2.05, 4.69) is 4.98 Å². The fourth-order valence-electron chi connectivity index (χ4n) is 1.84. The van der Waals surface area contributed by atoms with Gasteiger partial charge >= 0.3 is 0 Å². The third kappa shape index (κ3) is 2.74. The smallest absolute Gasteiger partial charge is 0.299 e. The Bertz CT molecular complexity index is 616. The summed E-state index contributed by atoms with van der Waals surface area (Å²) in [7, 11) is 0. The Labute approximate surface area is 115 Å². The molecule has 0 radical (unpaired) electrons. The van der Waals surface area contributed by atoms with Crippen LogP contribution in [0.2, 0.25) is 0 Å². The van der Waals surface area contributed by atoms with Crippen molar-refractivity contribution in [2.45, 2.75) is 33.3 Å². The third-order valence-electron chi connectivity index (χ3n) is 3.15. The van der Waals surface area contributed by atoms with Gasteiger partial charge in [0, 0.05) is 12.0 Å². The molecule has 0 saturated carbocycles. The molecule has 0 aliphatic rings. The number of aromatic nitrogens is 1. The van der Waals surface area contributed by atoms with E-state index in [9.17, 15) is 15.2 Å². The molecule has 0 fully saturated rings. The highest BCUT2D eigenvalue weighted by molar-refractivity contribution is 7.16. The van der Waals surface area contributed by atoms with E-state index in [0.717, 1.165) is 4.70 Å². The lowest BCUT2D eigenvalue weighted by molar-refractivity contribution is -0.384. The van der Waals surface area contributed by atoms with Crippen molar-refractivity contribution in [1.82, 2.24) is 4.98 Å². The highest BCUT2D eigenvalue weighted by atomic mass is 32.1. The topological polar surface area (TPSA) is 76.3 Å². The predicted molar refractivity (Wildman–Crippen MR) is 75.4 cm³/mol. The molecule has 1 atom stereocenters. The molecule has 19 heavy (non-hydrogen) atoms. The normalized spacial score (nSPS) is 13.7. The lowest BCUT2D eigenvalue weighted by atomic mass is 9.85. The summed E-state index contributed by atoms with van der Waals surface area (Å²) < 4.78 is 0.792. The third-order valence-corrected chi connectivity index (χ3v) is 3.95. The second kappa shape index (κ2) is 4.86. The zero-order valence-electron chi connectivity index (χ0n) is 11.1. The quantitative estimate of drug-likeness (QED) is 0.692. The number of nitro benzene ring substituents is 1. The minimum atomic E-state index is -0.637. The van der Waals surface area contributed by atoms with Crippen LogP contribution < -0.4 is 0 Å². The summed E-state index contributed by atoms with van der Waals surface area (Å²) in [6.07, 6.45) is -0.380. The van der Waals surface area contributed by atoms with E-state index in [0.29, 0.717) is 11.1 Å². The van der Waals surface area contributed by atoms with Crippen LogP contribution >= 0.6 is 11.3 Å². The molecule has 5 nitrogen and oxygen atoms in total. The summed E-state index contributed by atoms with van der Waals surface area (Å²) in [6, 6.07) is 3.54. The highest BCUT2D eigenvalue weighted by Gasteiger charge is 2.27. The average Bonchev–Trinajstić information content (AvgIpc) is 2.74. The Balaban J connectivity index is 2.48. The minimum absolute atomic E-state index is 0.0158. The molecule has 0 amide bonds. The second-order valence-electron chi connectivity index (χ2n) is 5.62. The Morgan fingerprint density at radius 3 is 2.74 bits per heavy atom. The standard InChI is InChI=1S/C13H16N2O3S/c1-13(2,3)10(16)6-8-4-5-9-11(14-7-19-9)12(8)15(17)18/h4-5,7,10,16H,6H2,1-3H3. The van der Waals surface area contributed by atoms with E-state index in [1.807, 2.05) is 26.8 Å². The van der Waals surface area contributed by atoms with Crippen molar-refractivity contribution in [3.63, 3.8) is 0 Å². The largest absolute Gasteiger partial charge is 0.392 e. The van der Waals surface area contributed by atoms with Crippen molar-refractivity contribution >= 4 is 27.2 Å². The SMILES string of the molecule is CC(C)(C)C(O)Cc1ccc2scnc2c1[N+](=O)[O-]. The molecule has 1 aromatic heterocycles. The summed E-state index contributed by atoms with van der Waals surface area (Å²) in [4.78, 5) is 14.9. The number of nitro groups is 1. The number of benzene rings is 1. The van der Waals surface area contributed by atoms with E-state index in [-0.39, 0.29) is 17.5 Å². The number of rotatable bonds is 3. The van der Waals surface area contributed by atoms with Crippen LogP contribution in [0.15, 0.2) is 17.6 Å². The van der Waals surface area contributed by atoms with E-state index in [4.69, 9.17) is 0 Å². The first-order valence-electron chi connectivity index (χ1n) is 5.98. The van der Waals surface area contributed by atoms with Gasteiger partial charge in [0.1, 0.15) is 0 Å². The van der Waals surface area contributed by atoms with Gasteiger partial charge < -0.3 is 5.11 Å². The number of aliphatic hydroxyl groups is 1. The molecular formula is C13H16N2O3S.